The number of amides is 2. The van der Waals surface area contributed by atoms with E-state index in [1.807, 2.05) is 54.6 Å². The Hall–Kier alpha value is -4.93. The first-order chi connectivity index (χ1) is 19.3. The van der Waals surface area contributed by atoms with Gasteiger partial charge in [0.05, 0.1) is 25.7 Å². The van der Waals surface area contributed by atoms with Crippen molar-refractivity contribution in [2.75, 3.05) is 14.2 Å². The summed E-state index contributed by atoms with van der Waals surface area (Å²) in [6, 6.07) is 18.8. The lowest BCUT2D eigenvalue weighted by Gasteiger charge is -2.35. The molecule has 4 rings (SSSR count). The van der Waals surface area contributed by atoms with Crippen LogP contribution in [0.4, 0.5) is 10.5 Å². The van der Waals surface area contributed by atoms with Gasteiger partial charge in [0.1, 0.15) is 18.7 Å². The highest BCUT2D eigenvalue weighted by Crippen LogP contribution is 2.28. The molecule has 2 atom stereocenters. The van der Waals surface area contributed by atoms with Crippen molar-refractivity contribution in [3.8, 4) is 5.75 Å². The normalized spacial score (nSPS) is 14.8. The number of nitrogens with zero attached hydrogens (tertiary/aromatic N) is 2. The lowest BCUT2D eigenvalue weighted by atomic mass is 9.93. The molecule has 0 aliphatic carbocycles. The Morgan fingerprint density at radius 3 is 2.38 bits per heavy atom. The van der Waals surface area contributed by atoms with Gasteiger partial charge in [-0.25, -0.2) is 9.59 Å². The molecule has 0 saturated heterocycles. The zero-order valence-electron chi connectivity index (χ0n) is 22.1. The molecule has 0 unspecified atom stereocenters. The molecule has 0 spiro atoms. The van der Waals surface area contributed by atoms with Gasteiger partial charge in [-0.2, -0.15) is 0 Å². The highest BCUT2D eigenvalue weighted by Gasteiger charge is 2.37. The fourth-order valence-electron chi connectivity index (χ4n) is 4.60. The zero-order valence-corrected chi connectivity index (χ0v) is 22.1. The predicted molar refractivity (Wildman–Crippen MR) is 143 cm³/mol. The van der Waals surface area contributed by atoms with Crippen molar-refractivity contribution in [1.29, 1.82) is 0 Å². The number of methoxy groups -OCH3 is 2. The van der Waals surface area contributed by atoms with Gasteiger partial charge >= 0.3 is 17.7 Å². The minimum Gasteiger partial charge on any atom is -0.490 e. The first-order valence-corrected chi connectivity index (χ1v) is 12.5. The lowest BCUT2D eigenvalue weighted by molar-refractivity contribution is -0.385. The van der Waals surface area contributed by atoms with E-state index in [0.29, 0.717) is 5.56 Å². The first kappa shape index (κ1) is 28.1. The van der Waals surface area contributed by atoms with Crippen molar-refractivity contribution in [3.05, 3.63) is 105 Å². The number of hydrogen-bond donors (Lipinski definition) is 1. The summed E-state index contributed by atoms with van der Waals surface area (Å²) >= 11 is 0. The standard InChI is InChI=1S/C29H29N3O8/c1-38-26-13-12-20(15-24(26)32(36)37)14-23(28(34)39-2)30-27(33)25-16-21-10-6-7-11-22(21)17-31(25)29(35)40-18-19-8-4-3-5-9-19/h3-13,15,23,25H,14,16-18H2,1-2H3,(H,30,33)/t23-,25-/m0/s1. The molecule has 3 aromatic rings. The van der Waals surface area contributed by atoms with Crippen LogP contribution in [0.25, 0.3) is 0 Å². The monoisotopic (exact) mass is 547 g/mol. The maximum absolute atomic E-state index is 13.6. The molecule has 11 heteroatoms. The van der Waals surface area contributed by atoms with Crippen LogP contribution in [-0.2, 0) is 45.1 Å². The second-order valence-electron chi connectivity index (χ2n) is 9.21. The van der Waals surface area contributed by atoms with Gasteiger partial charge in [-0.15, -0.1) is 0 Å². The Balaban J connectivity index is 1.55. The van der Waals surface area contributed by atoms with E-state index in [-0.39, 0.29) is 37.4 Å². The maximum atomic E-state index is 13.6. The molecule has 1 N–H and O–H groups in total. The van der Waals surface area contributed by atoms with Crippen LogP contribution in [0.2, 0.25) is 0 Å². The fourth-order valence-corrected chi connectivity index (χ4v) is 4.60. The molecule has 0 fully saturated rings. The number of nitro groups is 1. The lowest BCUT2D eigenvalue weighted by Crippen LogP contribution is -2.56. The molecular formula is C29H29N3O8. The van der Waals surface area contributed by atoms with Crippen LogP contribution >= 0.6 is 0 Å². The van der Waals surface area contributed by atoms with Crippen LogP contribution in [0.3, 0.4) is 0 Å². The SMILES string of the molecule is COC(=O)[C@H](Cc1ccc(OC)c([N+](=O)[O-])c1)NC(=O)[C@@H]1Cc2ccccc2CN1C(=O)OCc1ccccc1. The summed E-state index contributed by atoms with van der Waals surface area (Å²) in [4.78, 5) is 51.6. The van der Waals surface area contributed by atoms with Crippen LogP contribution in [0, 0.1) is 10.1 Å². The molecule has 11 nitrogen and oxygen atoms in total. The molecule has 0 radical (unpaired) electrons. The summed E-state index contributed by atoms with van der Waals surface area (Å²) in [6.45, 7) is 0.183. The highest BCUT2D eigenvalue weighted by molar-refractivity contribution is 5.90. The predicted octanol–water partition coefficient (Wildman–Crippen LogP) is 3.57. The summed E-state index contributed by atoms with van der Waals surface area (Å²) in [5.41, 5.74) is 2.73. The van der Waals surface area contributed by atoms with Crippen molar-refractivity contribution >= 4 is 23.7 Å². The minimum absolute atomic E-state index is 0.0349. The van der Waals surface area contributed by atoms with Gasteiger partial charge in [-0.1, -0.05) is 60.7 Å². The van der Waals surface area contributed by atoms with Gasteiger partial charge in [0.25, 0.3) is 0 Å². The maximum Gasteiger partial charge on any atom is 0.411 e. The Morgan fingerprint density at radius 2 is 1.70 bits per heavy atom. The zero-order chi connectivity index (χ0) is 28.6. The van der Waals surface area contributed by atoms with Crippen LogP contribution in [0.15, 0.2) is 72.8 Å². The van der Waals surface area contributed by atoms with E-state index in [0.717, 1.165) is 16.7 Å². The summed E-state index contributed by atoms with van der Waals surface area (Å²) in [5, 5.41) is 14.1. The molecule has 0 bridgehead atoms. The second-order valence-corrected chi connectivity index (χ2v) is 9.21. The van der Waals surface area contributed by atoms with Gasteiger partial charge in [-0.05, 0) is 28.3 Å². The van der Waals surface area contributed by atoms with Crippen molar-refractivity contribution in [2.45, 2.75) is 38.1 Å². The molecule has 1 aliphatic rings. The number of carbonyl (C=O) groups excluding carboxylic acids is 3. The van der Waals surface area contributed by atoms with E-state index < -0.39 is 35.0 Å². The Kier molecular flexibility index (Phi) is 8.95. The smallest absolute Gasteiger partial charge is 0.411 e. The number of fused-ring (bicyclic) bond motifs is 1. The molecule has 0 aromatic heterocycles. The highest BCUT2D eigenvalue weighted by atomic mass is 16.6. The van der Waals surface area contributed by atoms with Crippen molar-refractivity contribution < 1.29 is 33.5 Å². The van der Waals surface area contributed by atoms with Crippen LogP contribution in [0.1, 0.15) is 22.3 Å². The average molecular weight is 548 g/mol. The van der Waals surface area contributed by atoms with Gasteiger partial charge in [0.15, 0.2) is 5.75 Å². The first-order valence-electron chi connectivity index (χ1n) is 12.5. The van der Waals surface area contributed by atoms with E-state index in [2.05, 4.69) is 5.32 Å². The van der Waals surface area contributed by atoms with E-state index in [4.69, 9.17) is 14.2 Å². The molecule has 2 amide bonds. The number of hydrogen-bond acceptors (Lipinski definition) is 8. The largest absolute Gasteiger partial charge is 0.490 e. The van der Waals surface area contributed by atoms with Crippen LogP contribution in [0.5, 0.6) is 5.75 Å². The summed E-state index contributed by atoms with van der Waals surface area (Å²) in [7, 11) is 2.50. The third kappa shape index (κ3) is 6.55. The molecule has 3 aromatic carbocycles. The van der Waals surface area contributed by atoms with E-state index in [1.165, 1.54) is 31.3 Å². The fraction of sp³-hybridized carbons (Fsp3) is 0.276. The molecular weight excluding hydrogens is 518 g/mol. The van der Waals surface area contributed by atoms with Gasteiger partial charge < -0.3 is 19.5 Å². The average Bonchev–Trinajstić information content (AvgIpc) is 2.98. The third-order valence-corrected chi connectivity index (χ3v) is 6.67. The molecule has 208 valence electrons. The summed E-state index contributed by atoms with van der Waals surface area (Å²) < 4.78 is 15.5. The topological polar surface area (TPSA) is 137 Å². The number of carbonyl (C=O) groups is 3. The van der Waals surface area contributed by atoms with E-state index in [1.54, 1.807) is 6.07 Å². The number of rotatable bonds is 9. The van der Waals surface area contributed by atoms with E-state index >= 15 is 0 Å². The van der Waals surface area contributed by atoms with Crippen molar-refractivity contribution in [3.63, 3.8) is 0 Å². The molecule has 0 saturated carbocycles. The van der Waals surface area contributed by atoms with Gasteiger partial charge in [-0.3, -0.25) is 19.8 Å². The van der Waals surface area contributed by atoms with Crippen LogP contribution in [-0.4, -0.2) is 54.1 Å². The number of nitrogens with one attached hydrogen (secondary N) is 1. The molecule has 40 heavy (non-hydrogen) atoms. The number of esters is 1. The number of nitro benzene ring substituents is 1. The Bertz CT molecular complexity index is 1400. The number of benzene rings is 3. The minimum atomic E-state index is -1.16. The third-order valence-electron chi connectivity index (χ3n) is 6.67. The second kappa shape index (κ2) is 12.7. The summed E-state index contributed by atoms with van der Waals surface area (Å²) in [5.74, 6) is -1.25. The van der Waals surface area contributed by atoms with Crippen molar-refractivity contribution in [1.82, 2.24) is 10.2 Å². The van der Waals surface area contributed by atoms with Gasteiger partial charge in [0, 0.05) is 18.9 Å². The van der Waals surface area contributed by atoms with Gasteiger partial charge in [0.2, 0.25) is 5.91 Å². The molecule has 1 aliphatic heterocycles. The van der Waals surface area contributed by atoms with Crippen LogP contribution < -0.4 is 10.1 Å². The Labute approximate surface area is 230 Å². The van der Waals surface area contributed by atoms with E-state index in [9.17, 15) is 24.5 Å². The number of ether oxygens (including phenoxy) is 3. The van der Waals surface area contributed by atoms with Crippen molar-refractivity contribution in [2.24, 2.45) is 0 Å². The quantitative estimate of drug-likeness (QED) is 0.244. The summed E-state index contributed by atoms with van der Waals surface area (Å²) in [6.07, 6.45) is -0.533. The Morgan fingerprint density at radius 1 is 1.00 bits per heavy atom. The molecule has 1 heterocycles.